The number of imide groups is 1. The summed E-state index contributed by atoms with van der Waals surface area (Å²) in [5.74, 6) is -4.73. The summed E-state index contributed by atoms with van der Waals surface area (Å²) in [6, 6.07) is 15.6. The summed E-state index contributed by atoms with van der Waals surface area (Å²) in [5.41, 5.74) is 0.283. The lowest BCUT2D eigenvalue weighted by molar-refractivity contribution is -0.130. The summed E-state index contributed by atoms with van der Waals surface area (Å²) in [4.78, 5) is 54.7. The summed E-state index contributed by atoms with van der Waals surface area (Å²) in [7, 11) is 0. The van der Waals surface area contributed by atoms with Crippen LogP contribution in [-0.2, 0) is 31.1 Å². The number of halogens is 1. The third kappa shape index (κ3) is 3.70. The van der Waals surface area contributed by atoms with Crippen LogP contribution in [0.5, 0.6) is 5.75 Å². The van der Waals surface area contributed by atoms with Gasteiger partial charge in [-0.3, -0.25) is 19.7 Å². The van der Waals surface area contributed by atoms with Crippen molar-refractivity contribution in [2.75, 3.05) is 16.8 Å². The Bertz CT molecular complexity index is 1520. The van der Waals surface area contributed by atoms with Crippen molar-refractivity contribution in [3.63, 3.8) is 0 Å². The van der Waals surface area contributed by atoms with Crippen molar-refractivity contribution in [1.82, 2.24) is 5.32 Å². The van der Waals surface area contributed by atoms with Gasteiger partial charge in [0.2, 0.25) is 17.7 Å². The third-order valence-electron chi connectivity index (χ3n) is 7.71. The number of hydrogen-bond donors (Lipinski definition) is 3. The summed E-state index contributed by atoms with van der Waals surface area (Å²) in [6.45, 7) is 1.89. The number of phenols is 1. The molecule has 3 aromatic carbocycles. The van der Waals surface area contributed by atoms with E-state index in [2.05, 4.69) is 10.6 Å². The maximum atomic E-state index is 14.4. The van der Waals surface area contributed by atoms with Gasteiger partial charge in [0.1, 0.15) is 17.1 Å². The Kier molecular flexibility index (Phi) is 5.72. The normalized spacial score (nSPS) is 25.1. The molecule has 9 nitrogen and oxygen atoms in total. The molecule has 10 heteroatoms. The van der Waals surface area contributed by atoms with E-state index in [4.69, 9.17) is 4.74 Å². The maximum Gasteiger partial charge on any atom is 0.338 e. The van der Waals surface area contributed by atoms with Crippen LogP contribution in [0.3, 0.4) is 0 Å². The summed E-state index contributed by atoms with van der Waals surface area (Å²) < 4.78 is 19.4. The molecular formula is C29H24FN3O6. The first-order valence-electron chi connectivity index (χ1n) is 12.6. The van der Waals surface area contributed by atoms with E-state index < -0.39 is 52.9 Å². The fourth-order valence-corrected chi connectivity index (χ4v) is 6.05. The maximum absolute atomic E-state index is 14.4. The van der Waals surface area contributed by atoms with Crippen LogP contribution < -0.4 is 15.5 Å². The van der Waals surface area contributed by atoms with Gasteiger partial charge < -0.3 is 15.2 Å². The van der Waals surface area contributed by atoms with E-state index in [1.165, 1.54) is 54.6 Å². The molecule has 0 aromatic heterocycles. The molecule has 0 radical (unpaired) electrons. The van der Waals surface area contributed by atoms with Gasteiger partial charge in [0.25, 0.3) is 0 Å². The minimum atomic E-state index is -1.66. The largest absolute Gasteiger partial charge is 0.508 e. The fourth-order valence-electron chi connectivity index (χ4n) is 6.05. The molecule has 4 atom stereocenters. The van der Waals surface area contributed by atoms with Crippen molar-refractivity contribution in [3.05, 3.63) is 89.2 Å². The average molecular weight is 530 g/mol. The Morgan fingerprint density at radius 1 is 1.03 bits per heavy atom. The number of nitrogens with one attached hydrogen (secondary N) is 2. The third-order valence-corrected chi connectivity index (χ3v) is 7.71. The second-order valence-electron chi connectivity index (χ2n) is 9.86. The van der Waals surface area contributed by atoms with Gasteiger partial charge in [-0.15, -0.1) is 0 Å². The van der Waals surface area contributed by atoms with E-state index >= 15 is 0 Å². The highest BCUT2D eigenvalue weighted by Gasteiger charge is 2.70. The lowest BCUT2D eigenvalue weighted by atomic mass is 9.76. The second-order valence-corrected chi connectivity index (χ2v) is 9.86. The first-order chi connectivity index (χ1) is 18.7. The molecule has 3 aliphatic rings. The van der Waals surface area contributed by atoms with Crippen LogP contribution in [0.2, 0.25) is 0 Å². The summed E-state index contributed by atoms with van der Waals surface area (Å²) in [6.07, 6.45) is 0.274. The van der Waals surface area contributed by atoms with E-state index in [1.807, 2.05) is 0 Å². The van der Waals surface area contributed by atoms with Gasteiger partial charge in [-0.1, -0.05) is 12.1 Å². The molecule has 0 unspecified atom stereocenters. The Morgan fingerprint density at radius 3 is 2.44 bits per heavy atom. The van der Waals surface area contributed by atoms with Crippen molar-refractivity contribution >= 4 is 35.1 Å². The lowest BCUT2D eigenvalue weighted by Crippen LogP contribution is -2.53. The number of aromatic hydroxyl groups is 1. The first-order valence-corrected chi connectivity index (χ1v) is 12.6. The molecule has 0 saturated carbocycles. The Labute approximate surface area is 222 Å². The Hall–Kier alpha value is -4.57. The van der Waals surface area contributed by atoms with Gasteiger partial charge >= 0.3 is 5.97 Å². The summed E-state index contributed by atoms with van der Waals surface area (Å²) >= 11 is 0. The minimum absolute atomic E-state index is 0.0802. The number of phenolic OH excluding ortho intramolecular Hbond substituents is 1. The summed E-state index contributed by atoms with van der Waals surface area (Å²) in [5, 5.41) is 15.7. The van der Waals surface area contributed by atoms with Gasteiger partial charge in [0.05, 0.1) is 29.7 Å². The quantitative estimate of drug-likeness (QED) is 0.343. The van der Waals surface area contributed by atoms with Crippen molar-refractivity contribution in [2.45, 2.75) is 24.9 Å². The monoisotopic (exact) mass is 529 g/mol. The van der Waals surface area contributed by atoms with Crippen LogP contribution in [0.4, 0.5) is 15.8 Å². The average Bonchev–Trinajstić information content (AvgIpc) is 3.50. The van der Waals surface area contributed by atoms with Crippen molar-refractivity contribution < 1.29 is 33.4 Å². The number of esters is 1. The number of fused-ring (bicyclic) bond motifs is 4. The molecule has 39 heavy (non-hydrogen) atoms. The number of benzene rings is 3. The molecule has 0 aliphatic carbocycles. The van der Waals surface area contributed by atoms with Gasteiger partial charge in [0, 0.05) is 17.3 Å². The number of nitrogens with zero attached hydrogens (tertiary/aromatic N) is 1. The number of ether oxygens (including phenoxy) is 1. The van der Waals surface area contributed by atoms with Crippen LogP contribution in [0.15, 0.2) is 66.7 Å². The highest BCUT2D eigenvalue weighted by atomic mass is 19.1. The molecule has 198 valence electrons. The highest BCUT2D eigenvalue weighted by molar-refractivity contribution is 6.25. The van der Waals surface area contributed by atoms with Crippen LogP contribution in [0, 0.1) is 17.7 Å². The van der Waals surface area contributed by atoms with Crippen LogP contribution in [0.25, 0.3) is 0 Å². The Morgan fingerprint density at radius 2 is 1.74 bits per heavy atom. The lowest BCUT2D eigenvalue weighted by Gasteiger charge is -2.29. The molecule has 6 rings (SSSR count). The zero-order valence-electron chi connectivity index (χ0n) is 20.8. The van der Waals surface area contributed by atoms with Gasteiger partial charge in [-0.25, -0.2) is 14.1 Å². The molecule has 3 N–H and O–H groups in total. The molecule has 3 aliphatic heterocycles. The number of carbonyl (C=O) groups is 4. The number of hydrogen-bond acceptors (Lipinski definition) is 7. The van der Waals surface area contributed by atoms with E-state index in [-0.39, 0.29) is 35.6 Å². The van der Waals surface area contributed by atoms with E-state index in [9.17, 15) is 28.7 Å². The highest BCUT2D eigenvalue weighted by Crippen LogP contribution is 2.54. The minimum Gasteiger partial charge on any atom is -0.508 e. The Balaban J connectivity index is 1.43. The zero-order valence-corrected chi connectivity index (χ0v) is 20.8. The topological polar surface area (TPSA) is 125 Å². The van der Waals surface area contributed by atoms with Crippen LogP contribution in [0.1, 0.15) is 28.4 Å². The van der Waals surface area contributed by atoms with Crippen molar-refractivity contribution in [3.8, 4) is 5.75 Å². The van der Waals surface area contributed by atoms with Gasteiger partial charge in [-0.05, 0) is 73.5 Å². The molecule has 2 fully saturated rings. The molecule has 2 saturated heterocycles. The predicted molar refractivity (Wildman–Crippen MR) is 137 cm³/mol. The zero-order chi connectivity index (χ0) is 27.5. The van der Waals surface area contributed by atoms with Crippen LogP contribution >= 0.6 is 0 Å². The molecular weight excluding hydrogens is 505 g/mol. The van der Waals surface area contributed by atoms with E-state index in [0.717, 1.165) is 10.5 Å². The molecule has 0 bridgehead atoms. The molecule has 3 heterocycles. The van der Waals surface area contributed by atoms with Crippen LogP contribution in [-0.4, -0.2) is 41.4 Å². The molecule has 1 spiro atoms. The number of anilines is 2. The second kappa shape index (κ2) is 9.02. The number of rotatable bonds is 5. The van der Waals surface area contributed by atoms with Crippen molar-refractivity contribution in [2.24, 2.45) is 11.8 Å². The number of carbonyl (C=O) groups excluding carboxylic acids is 4. The van der Waals surface area contributed by atoms with E-state index in [1.54, 1.807) is 19.1 Å². The number of amides is 3. The van der Waals surface area contributed by atoms with Crippen molar-refractivity contribution in [1.29, 1.82) is 0 Å². The predicted octanol–water partition coefficient (Wildman–Crippen LogP) is 2.88. The standard InChI is InChI=1S/C29H24FN3O6/c1-2-39-27(37)16-5-8-18(9-6-16)33-25(35)23-22(13-15-3-10-19(34)11-4-15)32-29(24(23)26(33)36)20-14-17(30)7-12-21(20)31-28(29)38/h3-12,14,22-24,32,34H,2,13H2,1H3,(H,31,38)/t22-,23+,24-,29+/m0/s1. The van der Waals surface area contributed by atoms with Gasteiger partial charge in [0.15, 0.2) is 0 Å². The molecule has 3 amide bonds. The fraction of sp³-hybridized carbons (Fsp3) is 0.241. The molecule has 3 aromatic rings. The first kappa shape index (κ1) is 24.7. The SMILES string of the molecule is CCOC(=O)c1ccc(N2C(=O)[C@@H]3[C@H](Cc4ccc(O)cc4)N[C@@]4(C(=O)Nc5ccc(F)cc54)[C@@H]3C2=O)cc1. The van der Waals surface area contributed by atoms with E-state index in [0.29, 0.717) is 5.69 Å². The smallest absolute Gasteiger partial charge is 0.338 e. The van der Waals surface area contributed by atoms with Gasteiger partial charge in [-0.2, -0.15) is 0 Å².